The van der Waals surface area contributed by atoms with Gasteiger partial charge in [0.1, 0.15) is 11.9 Å². The van der Waals surface area contributed by atoms with Crippen LogP contribution in [-0.2, 0) is 51.2 Å². The molecule has 0 radical (unpaired) electrons. The van der Waals surface area contributed by atoms with E-state index in [0.717, 1.165) is 36.0 Å². The molecule has 55 heavy (non-hydrogen) atoms. The highest BCUT2D eigenvalue weighted by atomic mass is 16.7. The predicted octanol–water partition coefficient (Wildman–Crippen LogP) is 7.15. The van der Waals surface area contributed by atoms with Crippen LogP contribution in [0.3, 0.4) is 0 Å². The third-order valence-electron chi connectivity index (χ3n) is 8.26. The molecule has 1 saturated heterocycles. The number of hydroxylamine groups is 2. The number of ether oxygens (including phenoxy) is 1. The van der Waals surface area contributed by atoms with Gasteiger partial charge in [-0.2, -0.15) is 0 Å². The SMILES string of the molecule is CC(C)CCNC(=O)CCC(=O)ON1C(=O)CCC1=O.CCCC(=O)Cc1ccccc1.CCCO.O=COC1Cc2ccccc2/C=C\c2ccccc21. The number of carbonyl (C=O) groups is 6. The van der Waals surface area contributed by atoms with Gasteiger partial charge in [0.25, 0.3) is 18.3 Å². The van der Waals surface area contributed by atoms with Crippen LogP contribution in [0.2, 0.25) is 0 Å². The van der Waals surface area contributed by atoms with Crippen molar-refractivity contribution in [2.45, 2.75) is 98.0 Å². The number of amides is 3. The first-order valence-electron chi connectivity index (χ1n) is 19.0. The number of carbonyl (C=O) groups excluding carboxylic acids is 6. The van der Waals surface area contributed by atoms with Crippen LogP contribution in [0.15, 0.2) is 78.9 Å². The summed E-state index contributed by atoms with van der Waals surface area (Å²) in [5.41, 5.74) is 5.65. The van der Waals surface area contributed by atoms with Crippen molar-refractivity contribution in [2.75, 3.05) is 13.2 Å². The normalized spacial score (nSPS) is 14.4. The molecule has 0 bridgehead atoms. The smallest absolute Gasteiger partial charge is 0.333 e. The fraction of sp³-hybridized carbons (Fsp3) is 0.409. The molecule has 1 atom stereocenters. The summed E-state index contributed by atoms with van der Waals surface area (Å²) in [7, 11) is 0. The van der Waals surface area contributed by atoms with E-state index in [1.807, 2.05) is 94.4 Å². The first-order valence-corrected chi connectivity index (χ1v) is 19.0. The van der Waals surface area contributed by atoms with Gasteiger partial charge in [0.05, 0.1) is 6.42 Å². The Morgan fingerprint density at radius 1 is 0.836 bits per heavy atom. The van der Waals surface area contributed by atoms with E-state index < -0.39 is 17.8 Å². The summed E-state index contributed by atoms with van der Waals surface area (Å²) in [6, 6.07) is 26.1. The molecule has 3 aromatic carbocycles. The number of ketones is 1. The fourth-order valence-electron chi connectivity index (χ4n) is 5.32. The Morgan fingerprint density at radius 2 is 1.44 bits per heavy atom. The van der Waals surface area contributed by atoms with Gasteiger partial charge < -0.3 is 20.0 Å². The average Bonchev–Trinajstić information content (AvgIpc) is 3.49. The number of nitrogens with one attached hydrogen (secondary N) is 1. The van der Waals surface area contributed by atoms with Gasteiger partial charge in [0, 0.05) is 51.7 Å². The van der Waals surface area contributed by atoms with E-state index in [1.54, 1.807) is 0 Å². The van der Waals surface area contributed by atoms with E-state index in [4.69, 9.17) is 9.84 Å². The van der Waals surface area contributed by atoms with Gasteiger partial charge in [0.2, 0.25) is 5.91 Å². The van der Waals surface area contributed by atoms with Crippen LogP contribution >= 0.6 is 0 Å². The number of aliphatic hydroxyl groups is 1. The van der Waals surface area contributed by atoms with E-state index in [1.165, 1.54) is 11.1 Å². The molecule has 296 valence electrons. The summed E-state index contributed by atoms with van der Waals surface area (Å²) < 4.78 is 5.29. The summed E-state index contributed by atoms with van der Waals surface area (Å²) in [4.78, 5) is 71.9. The number of benzene rings is 3. The zero-order valence-electron chi connectivity index (χ0n) is 32.5. The van der Waals surface area contributed by atoms with Crippen LogP contribution in [-0.4, -0.2) is 59.3 Å². The van der Waals surface area contributed by atoms with E-state index in [0.29, 0.717) is 55.7 Å². The van der Waals surface area contributed by atoms with Crippen molar-refractivity contribution in [2.24, 2.45) is 5.92 Å². The van der Waals surface area contributed by atoms with Gasteiger partial charge in [-0.3, -0.25) is 24.0 Å². The lowest BCUT2D eigenvalue weighted by atomic mass is 9.91. The van der Waals surface area contributed by atoms with E-state index in [9.17, 15) is 28.8 Å². The highest BCUT2D eigenvalue weighted by Gasteiger charge is 2.32. The molecular formula is C44H56N2O9. The van der Waals surface area contributed by atoms with Gasteiger partial charge in [-0.15, -0.1) is 5.06 Å². The van der Waals surface area contributed by atoms with Crippen molar-refractivity contribution < 1.29 is 43.4 Å². The Hall–Kier alpha value is -5.42. The molecular weight excluding hydrogens is 700 g/mol. The number of hydrogen-bond donors (Lipinski definition) is 2. The number of fused-ring (bicyclic) bond motifs is 2. The molecule has 0 spiro atoms. The zero-order valence-corrected chi connectivity index (χ0v) is 32.5. The molecule has 0 saturated carbocycles. The second-order valence-electron chi connectivity index (χ2n) is 13.3. The maximum atomic E-state index is 11.4. The molecule has 3 amide bonds. The highest BCUT2D eigenvalue weighted by Crippen LogP contribution is 2.30. The maximum absolute atomic E-state index is 11.4. The van der Waals surface area contributed by atoms with Crippen LogP contribution in [0.4, 0.5) is 0 Å². The van der Waals surface area contributed by atoms with Gasteiger partial charge in [-0.05, 0) is 53.0 Å². The molecule has 11 heteroatoms. The van der Waals surface area contributed by atoms with Gasteiger partial charge in [-0.1, -0.05) is 119 Å². The van der Waals surface area contributed by atoms with Crippen molar-refractivity contribution in [3.8, 4) is 0 Å². The topological polar surface area (TPSA) is 156 Å². The third kappa shape index (κ3) is 18.0. The number of rotatable bonds is 14. The molecule has 2 aliphatic rings. The summed E-state index contributed by atoms with van der Waals surface area (Å²) >= 11 is 0. The summed E-state index contributed by atoms with van der Waals surface area (Å²) in [5.74, 6) is -1.22. The minimum Gasteiger partial charge on any atom is -0.459 e. The summed E-state index contributed by atoms with van der Waals surface area (Å²) in [6.45, 7) is 9.48. The Balaban J connectivity index is 0.000000279. The summed E-state index contributed by atoms with van der Waals surface area (Å²) in [5, 5.41) is 11.0. The van der Waals surface area contributed by atoms with Gasteiger partial charge >= 0.3 is 5.97 Å². The second-order valence-corrected chi connectivity index (χ2v) is 13.3. The number of aliphatic hydroxyl groups excluding tert-OH is 1. The van der Waals surface area contributed by atoms with E-state index >= 15 is 0 Å². The third-order valence-corrected chi connectivity index (χ3v) is 8.26. The van der Waals surface area contributed by atoms with Crippen LogP contribution < -0.4 is 5.32 Å². The fourth-order valence-corrected chi connectivity index (χ4v) is 5.32. The van der Waals surface area contributed by atoms with Crippen LogP contribution in [0.1, 0.15) is 113 Å². The standard InChI is InChI=1S/C17H14O2.C13H20N2O5.C11H14O.C3H8O/c18-12-19-17-11-15-7-2-1-5-13(15)9-10-14-6-3-4-8-16(14)17;1-9(2)7-8-14-10(16)3-6-13(19)20-15-11(17)4-5-12(15)18;1-2-6-11(12)9-10-7-4-3-5-8-10;1-2-3-4/h1-10,12,17H,11H2;9H,3-8H2,1-2H3,(H,14,16);3-5,7-8H,2,6,9H2,1H3;4H,2-3H2,1H3/b10-9-;;;. The first-order chi connectivity index (χ1) is 26.5. The van der Waals surface area contributed by atoms with Crippen LogP contribution in [0.5, 0.6) is 0 Å². The lowest BCUT2D eigenvalue weighted by molar-refractivity contribution is -0.197. The largest absolute Gasteiger partial charge is 0.459 e. The van der Waals surface area contributed by atoms with Crippen molar-refractivity contribution >= 4 is 48.1 Å². The number of hydrogen-bond acceptors (Lipinski definition) is 9. The van der Waals surface area contributed by atoms with Crippen molar-refractivity contribution in [3.05, 3.63) is 107 Å². The average molecular weight is 757 g/mol. The molecule has 1 aliphatic heterocycles. The minimum atomic E-state index is -0.757. The number of Topliss-reactive ketones (excluding diaryl/α,β-unsaturated/α-hetero) is 1. The molecule has 1 fully saturated rings. The predicted molar refractivity (Wildman–Crippen MR) is 212 cm³/mol. The minimum absolute atomic E-state index is 0.0207. The lowest BCUT2D eigenvalue weighted by Gasteiger charge is -2.21. The first kappa shape index (κ1) is 45.7. The second kappa shape index (κ2) is 26.4. The quantitative estimate of drug-likeness (QED) is 0.129. The van der Waals surface area contributed by atoms with Crippen LogP contribution in [0, 0.1) is 5.92 Å². The van der Waals surface area contributed by atoms with Crippen molar-refractivity contribution in [1.29, 1.82) is 0 Å². The van der Waals surface area contributed by atoms with Gasteiger partial charge in [0.15, 0.2) is 0 Å². The monoisotopic (exact) mass is 756 g/mol. The molecule has 1 unspecified atom stereocenters. The molecule has 1 heterocycles. The maximum Gasteiger partial charge on any atom is 0.333 e. The van der Waals surface area contributed by atoms with E-state index in [-0.39, 0.29) is 37.7 Å². The van der Waals surface area contributed by atoms with Crippen molar-refractivity contribution in [1.82, 2.24) is 10.4 Å². The lowest BCUT2D eigenvalue weighted by Crippen LogP contribution is -2.32. The molecule has 5 rings (SSSR count). The molecule has 11 nitrogen and oxygen atoms in total. The molecule has 0 aromatic heterocycles. The number of nitrogens with zero attached hydrogens (tertiary/aromatic N) is 1. The Labute approximate surface area is 325 Å². The van der Waals surface area contributed by atoms with Crippen LogP contribution in [0.25, 0.3) is 12.2 Å². The van der Waals surface area contributed by atoms with Gasteiger partial charge in [-0.25, -0.2) is 4.79 Å². The Bertz CT molecular complexity index is 1670. The Kier molecular flexibility index (Phi) is 21.9. The molecule has 1 aliphatic carbocycles. The molecule has 2 N–H and O–H groups in total. The molecule has 3 aromatic rings. The highest BCUT2D eigenvalue weighted by molar-refractivity contribution is 6.01. The number of imide groups is 1. The van der Waals surface area contributed by atoms with E-state index in [2.05, 4.69) is 34.4 Å². The zero-order chi connectivity index (χ0) is 40.4. The Morgan fingerprint density at radius 3 is 2.05 bits per heavy atom. The summed E-state index contributed by atoms with van der Waals surface area (Å²) in [6.07, 6.45) is 8.60. The van der Waals surface area contributed by atoms with Crippen molar-refractivity contribution in [3.63, 3.8) is 0 Å².